The minimum Gasteiger partial charge on any atom is -0.381 e. The lowest BCUT2D eigenvalue weighted by Crippen LogP contribution is -2.40. The molecule has 4 heteroatoms. The summed E-state index contributed by atoms with van der Waals surface area (Å²) in [4.78, 5) is 11.5. The van der Waals surface area contributed by atoms with Crippen molar-refractivity contribution in [1.29, 1.82) is 0 Å². The number of hydrogen-bond donors (Lipinski definition) is 2. The van der Waals surface area contributed by atoms with Crippen LogP contribution in [0.4, 0.5) is 0 Å². The van der Waals surface area contributed by atoms with Gasteiger partial charge in [-0.1, -0.05) is 30.3 Å². The molecule has 1 aromatic carbocycles. The minimum absolute atomic E-state index is 0.463. The number of nitrogens with zero attached hydrogens (tertiary/aromatic N) is 1. The highest BCUT2D eigenvalue weighted by Crippen LogP contribution is 2.31. The van der Waals surface area contributed by atoms with E-state index in [1.165, 1.54) is 19.4 Å². The van der Waals surface area contributed by atoms with Gasteiger partial charge in [0.1, 0.15) is 5.60 Å². The number of nitrogens with one attached hydrogen (secondary N) is 1. The van der Waals surface area contributed by atoms with E-state index in [1.54, 1.807) is 0 Å². The predicted octanol–water partition coefficient (Wildman–Crippen LogP) is 2.59. The minimum atomic E-state index is -1.38. The topological polar surface area (TPSA) is 61.7 Å². The van der Waals surface area contributed by atoms with Gasteiger partial charge in [0.2, 0.25) is 0 Å². The summed E-state index contributed by atoms with van der Waals surface area (Å²) >= 11 is 0. The van der Waals surface area contributed by atoms with E-state index in [0.29, 0.717) is 5.92 Å². The Morgan fingerprint density at radius 2 is 1.85 bits per heavy atom. The molecule has 0 unspecified atom stereocenters. The average Bonchev–Trinajstić information content (AvgIpc) is 2.45. The third-order valence-electron chi connectivity index (χ3n) is 3.70. The van der Waals surface area contributed by atoms with Crippen LogP contribution in [0.5, 0.6) is 0 Å². The van der Waals surface area contributed by atoms with Gasteiger partial charge in [0.15, 0.2) is 0 Å². The molecule has 1 aromatic rings. The smallest absolute Gasteiger partial charge is 0.271 e. The zero-order chi connectivity index (χ0) is 14.6. The fourth-order valence-electron chi connectivity index (χ4n) is 2.39. The van der Waals surface area contributed by atoms with Gasteiger partial charge in [-0.2, -0.15) is 5.10 Å². The molecule has 0 heterocycles. The fourth-order valence-corrected chi connectivity index (χ4v) is 2.39. The molecule has 108 valence electrons. The van der Waals surface area contributed by atoms with E-state index in [9.17, 15) is 9.90 Å². The number of carbonyl (C=O) groups is 1. The summed E-state index contributed by atoms with van der Waals surface area (Å²) in [6.45, 7) is 2.91. The molecular weight excluding hydrogens is 252 g/mol. The third-order valence-corrected chi connectivity index (χ3v) is 3.70. The molecule has 0 bridgehead atoms. The molecule has 4 nitrogen and oxygen atoms in total. The molecule has 1 aliphatic rings. The summed E-state index contributed by atoms with van der Waals surface area (Å²) in [6.07, 6.45) is 3.90. The molecule has 2 rings (SSSR count). The number of aliphatic hydroxyl groups is 1. The Kier molecular flexibility index (Phi) is 4.55. The van der Waals surface area contributed by atoms with Crippen molar-refractivity contribution >= 4 is 11.6 Å². The largest absolute Gasteiger partial charge is 0.381 e. The second-order valence-corrected chi connectivity index (χ2v) is 5.86. The number of rotatable bonds is 3. The first kappa shape index (κ1) is 14.7. The first-order valence-electron chi connectivity index (χ1n) is 7.10. The van der Waals surface area contributed by atoms with E-state index in [-0.39, 0.29) is 0 Å². The lowest BCUT2D eigenvalue weighted by atomic mass is 9.83. The second kappa shape index (κ2) is 6.18. The second-order valence-electron chi connectivity index (χ2n) is 5.86. The van der Waals surface area contributed by atoms with Crippen LogP contribution < -0.4 is 5.43 Å². The fraction of sp³-hybridized carbons (Fsp3) is 0.500. The summed E-state index contributed by atoms with van der Waals surface area (Å²) < 4.78 is 0. The van der Waals surface area contributed by atoms with Crippen molar-refractivity contribution in [2.45, 2.75) is 51.0 Å². The van der Waals surface area contributed by atoms with Crippen molar-refractivity contribution in [3.63, 3.8) is 0 Å². The monoisotopic (exact) mass is 274 g/mol. The highest BCUT2D eigenvalue weighted by molar-refractivity contribution is 5.89. The molecule has 0 radical (unpaired) electrons. The van der Waals surface area contributed by atoms with Gasteiger partial charge in [-0.05, 0) is 51.0 Å². The van der Waals surface area contributed by atoms with Crippen molar-refractivity contribution in [2.75, 3.05) is 0 Å². The molecule has 0 spiro atoms. The van der Waals surface area contributed by atoms with Gasteiger partial charge in [0.25, 0.3) is 5.91 Å². The molecule has 0 aromatic heterocycles. The molecule has 0 aliphatic heterocycles. The number of hydrazone groups is 1. The maximum absolute atomic E-state index is 11.5. The van der Waals surface area contributed by atoms with E-state index in [1.807, 2.05) is 6.07 Å². The first-order valence-corrected chi connectivity index (χ1v) is 7.10. The maximum Gasteiger partial charge on any atom is 0.271 e. The van der Waals surface area contributed by atoms with Gasteiger partial charge in [-0.15, -0.1) is 0 Å². The van der Waals surface area contributed by atoms with Crippen LogP contribution in [0.25, 0.3) is 0 Å². The van der Waals surface area contributed by atoms with Crippen molar-refractivity contribution in [3.8, 4) is 0 Å². The van der Waals surface area contributed by atoms with Crippen LogP contribution in [0.2, 0.25) is 0 Å². The van der Waals surface area contributed by atoms with Crippen molar-refractivity contribution in [2.24, 2.45) is 5.10 Å². The highest BCUT2D eigenvalue weighted by Gasteiger charge is 2.24. The first-order chi connectivity index (χ1) is 9.47. The van der Waals surface area contributed by atoms with Gasteiger partial charge in [-0.25, -0.2) is 5.43 Å². The van der Waals surface area contributed by atoms with Gasteiger partial charge >= 0.3 is 0 Å². The Morgan fingerprint density at radius 3 is 2.40 bits per heavy atom. The molecule has 2 N–H and O–H groups in total. The number of amides is 1. The van der Waals surface area contributed by atoms with Crippen LogP contribution >= 0.6 is 0 Å². The van der Waals surface area contributed by atoms with Gasteiger partial charge < -0.3 is 5.11 Å². The van der Waals surface area contributed by atoms with Crippen molar-refractivity contribution in [3.05, 3.63) is 35.9 Å². The van der Waals surface area contributed by atoms with E-state index in [0.717, 1.165) is 31.4 Å². The van der Waals surface area contributed by atoms with E-state index in [4.69, 9.17) is 0 Å². The Bertz CT molecular complexity index is 479. The highest BCUT2D eigenvalue weighted by atomic mass is 16.3. The number of hydrogen-bond acceptors (Lipinski definition) is 3. The molecule has 1 amide bonds. The SMILES string of the molecule is CC(C)(O)C(=O)NN=C1CCC(c2ccccc2)CC1. The lowest BCUT2D eigenvalue weighted by Gasteiger charge is -2.23. The predicted molar refractivity (Wildman–Crippen MR) is 79.5 cm³/mol. The summed E-state index contributed by atoms with van der Waals surface area (Å²) in [6, 6.07) is 10.5. The molecule has 1 aliphatic carbocycles. The molecule has 0 atom stereocenters. The third kappa shape index (κ3) is 3.90. The van der Waals surface area contributed by atoms with Crippen LogP contribution in [0.15, 0.2) is 35.4 Å². The van der Waals surface area contributed by atoms with Gasteiger partial charge in [0, 0.05) is 5.71 Å². The van der Waals surface area contributed by atoms with Crippen LogP contribution in [0.3, 0.4) is 0 Å². The standard InChI is InChI=1S/C16H22N2O2/c1-16(2,20)15(19)18-17-14-10-8-13(9-11-14)12-6-4-3-5-7-12/h3-7,13,20H,8-11H2,1-2H3,(H,18,19). The molecule has 20 heavy (non-hydrogen) atoms. The Labute approximate surface area is 119 Å². The zero-order valence-electron chi connectivity index (χ0n) is 12.1. The number of carbonyl (C=O) groups excluding carboxylic acids is 1. The average molecular weight is 274 g/mol. The van der Waals surface area contributed by atoms with Crippen LogP contribution in [-0.2, 0) is 4.79 Å². The van der Waals surface area contributed by atoms with Gasteiger partial charge in [0.05, 0.1) is 0 Å². The Morgan fingerprint density at radius 1 is 1.25 bits per heavy atom. The van der Waals surface area contributed by atoms with Crippen LogP contribution in [0.1, 0.15) is 51.0 Å². The summed E-state index contributed by atoms with van der Waals surface area (Å²) in [5.74, 6) is 0.121. The zero-order valence-corrected chi connectivity index (χ0v) is 12.1. The van der Waals surface area contributed by atoms with Crippen molar-refractivity contribution < 1.29 is 9.90 Å². The van der Waals surface area contributed by atoms with Crippen molar-refractivity contribution in [1.82, 2.24) is 5.43 Å². The summed E-state index contributed by atoms with van der Waals surface area (Å²) in [7, 11) is 0. The van der Waals surface area contributed by atoms with E-state index >= 15 is 0 Å². The normalized spacial score (nSPS) is 19.6. The molecule has 0 saturated heterocycles. The summed E-state index contributed by atoms with van der Waals surface area (Å²) in [5, 5.41) is 13.7. The number of benzene rings is 1. The maximum atomic E-state index is 11.5. The van der Waals surface area contributed by atoms with E-state index in [2.05, 4.69) is 34.8 Å². The molecular formula is C16H22N2O2. The van der Waals surface area contributed by atoms with Gasteiger partial charge in [-0.3, -0.25) is 4.79 Å². The lowest BCUT2D eigenvalue weighted by molar-refractivity contribution is -0.136. The quantitative estimate of drug-likeness (QED) is 0.832. The van der Waals surface area contributed by atoms with Crippen LogP contribution in [0, 0.1) is 0 Å². The summed E-state index contributed by atoms with van der Waals surface area (Å²) in [5.41, 5.74) is 3.45. The molecule has 1 fully saturated rings. The Balaban J connectivity index is 1.87. The van der Waals surface area contributed by atoms with E-state index < -0.39 is 11.5 Å². The molecule has 1 saturated carbocycles. The Hall–Kier alpha value is -1.68. The van der Waals surface area contributed by atoms with Crippen LogP contribution in [-0.4, -0.2) is 22.3 Å².